The molecular formula is C17H22O6S. The molecule has 2 aliphatic heterocycles. The van der Waals surface area contributed by atoms with Gasteiger partial charge in [0.1, 0.15) is 12.2 Å². The number of carbonyl (C=O) groups is 1. The fourth-order valence-electron chi connectivity index (χ4n) is 3.10. The Kier molecular flexibility index (Phi) is 5.78. The molecule has 0 aromatic heterocycles. The molecule has 1 aromatic carbocycles. The summed E-state index contributed by atoms with van der Waals surface area (Å²) in [5, 5.41) is -0.104. The highest BCUT2D eigenvalue weighted by molar-refractivity contribution is 7.99. The number of rotatable bonds is 4. The molecule has 0 radical (unpaired) electrons. The maximum absolute atomic E-state index is 11.5. The summed E-state index contributed by atoms with van der Waals surface area (Å²) in [6.45, 7) is 1.78. The molecule has 3 rings (SSSR count). The van der Waals surface area contributed by atoms with Crippen molar-refractivity contribution < 1.29 is 28.5 Å². The van der Waals surface area contributed by atoms with E-state index in [2.05, 4.69) is 0 Å². The molecule has 2 aliphatic rings. The van der Waals surface area contributed by atoms with Crippen LogP contribution in [0.4, 0.5) is 0 Å². The van der Waals surface area contributed by atoms with E-state index in [-0.39, 0.29) is 23.4 Å². The zero-order valence-electron chi connectivity index (χ0n) is 13.9. The second-order valence-corrected chi connectivity index (χ2v) is 6.75. The average molecular weight is 354 g/mol. The van der Waals surface area contributed by atoms with Crippen LogP contribution in [-0.2, 0) is 28.5 Å². The molecule has 2 heterocycles. The van der Waals surface area contributed by atoms with Gasteiger partial charge >= 0.3 is 5.97 Å². The van der Waals surface area contributed by atoms with Gasteiger partial charge in [0.15, 0.2) is 18.7 Å². The van der Waals surface area contributed by atoms with Crippen LogP contribution in [0.3, 0.4) is 0 Å². The van der Waals surface area contributed by atoms with Crippen LogP contribution in [0.25, 0.3) is 0 Å². The van der Waals surface area contributed by atoms with E-state index in [0.29, 0.717) is 6.61 Å². The number of ether oxygens (including phenoxy) is 5. The topological polar surface area (TPSA) is 63.2 Å². The van der Waals surface area contributed by atoms with Crippen molar-refractivity contribution in [3.63, 3.8) is 0 Å². The zero-order chi connectivity index (χ0) is 17.1. The first-order valence-electron chi connectivity index (χ1n) is 7.84. The van der Waals surface area contributed by atoms with Gasteiger partial charge in [-0.1, -0.05) is 30.3 Å². The lowest BCUT2D eigenvalue weighted by atomic mass is 10.00. The predicted molar refractivity (Wildman–Crippen MR) is 88.5 cm³/mol. The zero-order valence-corrected chi connectivity index (χ0v) is 14.7. The van der Waals surface area contributed by atoms with Crippen LogP contribution in [0, 0.1) is 0 Å². The number of fused-ring (bicyclic) bond motifs is 1. The maximum atomic E-state index is 11.5. The number of thioether (sulfide) groups is 1. The average Bonchev–Trinajstić information content (AvgIpc) is 2.61. The van der Waals surface area contributed by atoms with Crippen LogP contribution in [0.15, 0.2) is 30.3 Å². The van der Waals surface area contributed by atoms with Crippen molar-refractivity contribution >= 4 is 17.7 Å². The first-order valence-corrected chi connectivity index (χ1v) is 9.13. The highest BCUT2D eigenvalue weighted by Gasteiger charge is 2.51. The number of hydrogen-bond donors (Lipinski definition) is 0. The number of methoxy groups -OCH3 is 1. The molecular weight excluding hydrogens is 332 g/mol. The highest BCUT2D eigenvalue weighted by atomic mass is 32.2. The summed E-state index contributed by atoms with van der Waals surface area (Å²) in [7, 11) is 1.54. The first-order chi connectivity index (χ1) is 11.6. The van der Waals surface area contributed by atoms with Gasteiger partial charge in [0, 0.05) is 19.6 Å². The molecule has 1 unspecified atom stereocenters. The van der Waals surface area contributed by atoms with Crippen molar-refractivity contribution in [2.45, 2.75) is 43.1 Å². The Morgan fingerprint density at radius 3 is 2.62 bits per heavy atom. The lowest BCUT2D eigenvalue weighted by Gasteiger charge is -2.48. The van der Waals surface area contributed by atoms with Gasteiger partial charge in [0.25, 0.3) is 0 Å². The Morgan fingerprint density at radius 2 is 2.00 bits per heavy atom. The second-order valence-electron chi connectivity index (χ2n) is 5.73. The van der Waals surface area contributed by atoms with Crippen LogP contribution >= 0.6 is 11.8 Å². The Hall–Kier alpha value is -1.12. The van der Waals surface area contributed by atoms with Crippen molar-refractivity contribution in [1.29, 1.82) is 0 Å². The molecule has 132 valence electrons. The third kappa shape index (κ3) is 3.60. The SMILES string of the molecule is CO[C@H]1O[C@@H]2COC(c3ccccc3)O[C@H]2[C@@H](SC)[C@@H]1OC(C)=O. The van der Waals surface area contributed by atoms with E-state index in [1.807, 2.05) is 36.6 Å². The minimum absolute atomic E-state index is 0.104. The van der Waals surface area contributed by atoms with Crippen molar-refractivity contribution in [1.82, 2.24) is 0 Å². The number of esters is 1. The fraction of sp³-hybridized carbons (Fsp3) is 0.588. The Labute approximate surface area is 145 Å². The van der Waals surface area contributed by atoms with Crippen molar-refractivity contribution in [2.75, 3.05) is 20.0 Å². The molecule has 0 aliphatic carbocycles. The summed E-state index contributed by atoms with van der Waals surface area (Å²) in [6.07, 6.45) is -0.171. The third-order valence-electron chi connectivity index (χ3n) is 4.16. The summed E-state index contributed by atoms with van der Waals surface area (Å²) < 4.78 is 28.7. The molecule has 0 amide bonds. The maximum Gasteiger partial charge on any atom is 0.303 e. The van der Waals surface area contributed by atoms with E-state index in [1.54, 1.807) is 11.8 Å². The molecule has 0 bridgehead atoms. The summed E-state index contributed by atoms with van der Waals surface area (Å²) in [5.74, 6) is -0.366. The molecule has 1 aromatic rings. The standard InChI is InChI=1S/C17H22O6S/c1-10(18)21-14-15(24-3)13-12(22-17(14)19-2)9-20-16(23-13)11-7-5-4-6-8-11/h4-8,12-17H,9H2,1-3H3/t12-,13-,14+,15-,16?,17+/m1/s1. The van der Waals surface area contributed by atoms with Crippen molar-refractivity contribution in [3.05, 3.63) is 35.9 Å². The molecule has 6 atom stereocenters. The van der Waals surface area contributed by atoms with Gasteiger partial charge in [-0.25, -0.2) is 0 Å². The minimum atomic E-state index is -0.631. The Bertz CT molecular complexity index is 553. The monoisotopic (exact) mass is 354 g/mol. The van der Waals surface area contributed by atoms with Crippen molar-refractivity contribution in [3.8, 4) is 0 Å². The van der Waals surface area contributed by atoms with Crippen LogP contribution in [0.1, 0.15) is 18.8 Å². The van der Waals surface area contributed by atoms with Crippen molar-refractivity contribution in [2.24, 2.45) is 0 Å². The van der Waals surface area contributed by atoms with Gasteiger partial charge in [-0.3, -0.25) is 4.79 Å². The van der Waals surface area contributed by atoms with Gasteiger partial charge < -0.3 is 23.7 Å². The molecule has 0 spiro atoms. The van der Waals surface area contributed by atoms with Crippen LogP contribution in [-0.4, -0.2) is 55.8 Å². The largest absolute Gasteiger partial charge is 0.456 e. The number of benzene rings is 1. The minimum Gasteiger partial charge on any atom is -0.456 e. The van der Waals surface area contributed by atoms with E-state index in [4.69, 9.17) is 23.7 Å². The van der Waals surface area contributed by atoms with E-state index in [1.165, 1.54) is 14.0 Å². The molecule has 24 heavy (non-hydrogen) atoms. The molecule has 2 saturated heterocycles. The second kappa shape index (κ2) is 7.84. The lowest BCUT2D eigenvalue weighted by molar-refractivity contribution is -0.331. The van der Waals surface area contributed by atoms with Gasteiger partial charge in [-0.05, 0) is 6.26 Å². The predicted octanol–water partition coefficient (Wildman–Crippen LogP) is 2.14. The van der Waals surface area contributed by atoms with Crippen LogP contribution < -0.4 is 0 Å². The normalized spacial score (nSPS) is 36.0. The first kappa shape index (κ1) is 17.7. The smallest absolute Gasteiger partial charge is 0.303 e. The molecule has 2 fully saturated rings. The summed E-state index contributed by atoms with van der Waals surface area (Å²) >= 11 is 1.58. The molecule has 6 nitrogen and oxygen atoms in total. The quantitative estimate of drug-likeness (QED) is 0.768. The lowest BCUT2D eigenvalue weighted by Crippen LogP contribution is -2.61. The van der Waals surface area contributed by atoms with E-state index in [9.17, 15) is 4.79 Å². The molecule has 7 heteroatoms. The Morgan fingerprint density at radius 1 is 1.25 bits per heavy atom. The van der Waals surface area contributed by atoms with E-state index in [0.717, 1.165) is 5.56 Å². The highest BCUT2D eigenvalue weighted by Crippen LogP contribution is 2.39. The van der Waals surface area contributed by atoms with Gasteiger partial charge in [-0.2, -0.15) is 11.8 Å². The van der Waals surface area contributed by atoms with Crippen LogP contribution in [0.2, 0.25) is 0 Å². The van der Waals surface area contributed by atoms with Crippen LogP contribution in [0.5, 0.6) is 0 Å². The number of carbonyl (C=O) groups excluding carboxylic acids is 1. The molecule has 0 N–H and O–H groups in total. The summed E-state index contributed by atoms with van der Waals surface area (Å²) in [4.78, 5) is 11.5. The Balaban J connectivity index is 1.80. The van der Waals surface area contributed by atoms with Gasteiger partial charge in [-0.15, -0.1) is 0 Å². The summed E-state index contributed by atoms with van der Waals surface area (Å²) in [5.41, 5.74) is 0.953. The fourth-order valence-corrected chi connectivity index (χ4v) is 4.06. The van der Waals surface area contributed by atoms with Gasteiger partial charge in [0.2, 0.25) is 0 Å². The molecule has 0 saturated carbocycles. The third-order valence-corrected chi connectivity index (χ3v) is 5.24. The van der Waals surface area contributed by atoms with E-state index >= 15 is 0 Å². The number of hydrogen-bond acceptors (Lipinski definition) is 7. The summed E-state index contributed by atoms with van der Waals surface area (Å²) in [6, 6.07) is 9.76. The van der Waals surface area contributed by atoms with E-state index < -0.39 is 18.7 Å². The van der Waals surface area contributed by atoms with Gasteiger partial charge in [0.05, 0.1) is 11.9 Å².